The number of hydrogen-bond acceptors (Lipinski definition) is 1. The molecule has 2 rings (SSSR count). The topological polar surface area (TPSA) is 29.1 Å². The van der Waals surface area contributed by atoms with E-state index in [1.165, 1.54) is 0 Å². The molecule has 0 aliphatic rings. The van der Waals surface area contributed by atoms with Crippen molar-refractivity contribution in [1.29, 1.82) is 0 Å². The van der Waals surface area contributed by atoms with Gasteiger partial charge in [0.2, 0.25) is 0 Å². The lowest BCUT2D eigenvalue weighted by atomic mass is 10.0. The van der Waals surface area contributed by atoms with Crippen LogP contribution in [0.4, 0.5) is 0 Å². The fourth-order valence-electron chi connectivity index (χ4n) is 1.84. The molecule has 0 heterocycles. The average Bonchev–Trinajstić information content (AvgIpc) is 2.43. The van der Waals surface area contributed by atoms with E-state index in [0.717, 1.165) is 21.7 Å². The first kappa shape index (κ1) is 13.1. The largest absolute Gasteiger partial charge is 0.352 e. The van der Waals surface area contributed by atoms with Crippen molar-refractivity contribution in [3.8, 4) is 0 Å². The Kier molecular flexibility index (Phi) is 4.37. The molecule has 0 fully saturated rings. The third-order valence-electron chi connectivity index (χ3n) is 2.91. The fourth-order valence-corrected chi connectivity index (χ4v) is 2.07. The molecular formula is C15H16BrNO. The third-order valence-corrected chi connectivity index (χ3v) is 4.01. The molecule has 1 unspecified atom stereocenters. The molecule has 2 nitrogen and oxygen atoms in total. The summed E-state index contributed by atoms with van der Waals surface area (Å²) >= 11 is 3.41. The van der Waals surface area contributed by atoms with E-state index in [-0.39, 0.29) is 5.91 Å². The second kappa shape index (κ2) is 6.01. The minimum Gasteiger partial charge on any atom is -0.352 e. The van der Waals surface area contributed by atoms with E-state index in [0.29, 0.717) is 12.5 Å². The number of amides is 1. The van der Waals surface area contributed by atoms with Gasteiger partial charge in [-0.15, -0.1) is 0 Å². The summed E-state index contributed by atoms with van der Waals surface area (Å²) in [6.45, 7) is 2.78. The SMILES string of the molecule is CC(CBr)CNC(=O)c1cccc2ccccc12. The quantitative estimate of drug-likeness (QED) is 0.859. The number of halogens is 1. The molecule has 18 heavy (non-hydrogen) atoms. The molecule has 0 aliphatic heterocycles. The molecule has 0 aliphatic carbocycles. The van der Waals surface area contributed by atoms with Crippen LogP contribution in [-0.4, -0.2) is 17.8 Å². The summed E-state index contributed by atoms with van der Waals surface area (Å²) in [5.41, 5.74) is 0.745. The first-order chi connectivity index (χ1) is 8.72. The number of alkyl halides is 1. The number of benzene rings is 2. The molecule has 0 spiro atoms. The van der Waals surface area contributed by atoms with Gasteiger partial charge in [0.15, 0.2) is 0 Å². The van der Waals surface area contributed by atoms with Crippen LogP contribution in [0.15, 0.2) is 42.5 Å². The van der Waals surface area contributed by atoms with Gasteiger partial charge in [0.05, 0.1) is 0 Å². The number of rotatable bonds is 4. The Balaban J connectivity index is 2.22. The van der Waals surface area contributed by atoms with E-state index in [4.69, 9.17) is 0 Å². The predicted molar refractivity (Wildman–Crippen MR) is 79.2 cm³/mol. The van der Waals surface area contributed by atoms with Gasteiger partial charge in [-0.05, 0) is 22.8 Å². The van der Waals surface area contributed by atoms with E-state index in [9.17, 15) is 4.79 Å². The summed E-state index contributed by atoms with van der Waals surface area (Å²) in [6.07, 6.45) is 0. The molecule has 0 saturated heterocycles. The smallest absolute Gasteiger partial charge is 0.251 e. The van der Waals surface area contributed by atoms with Gasteiger partial charge in [-0.2, -0.15) is 0 Å². The first-order valence-electron chi connectivity index (χ1n) is 6.04. The number of fused-ring (bicyclic) bond motifs is 1. The molecular weight excluding hydrogens is 290 g/mol. The van der Waals surface area contributed by atoms with E-state index in [1.54, 1.807) is 0 Å². The van der Waals surface area contributed by atoms with E-state index >= 15 is 0 Å². The van der Waals surface area contributed by atoms with Gasteiger partial charge in [0.1, 0.15) is 0 Å². The van der Waals surface area contributed by atoms with Crippen LogP contribution in [-0.2, 0) is 0 Å². The third kappa shape index (κ3) is 2.91. The summed E-state index contributed by atoms with van der Waals surface area (Å²) in [5.74, 6) is 0.434. The van der Waals surface area contributed by atoms with Gasteiger partial charge >= 0.3 is 0 Å². The number of carbonyl (C=O) groups excluding carboxylic acids is 1. The van der Waals surface area contributed by atoms with Crippen molar-refractivity contribution in [2.75, 3.05) is 11.9 Å². The molecule has 2 aromatic rings. The van der Waals surface area contributed by atoms with Gasteiger partial charge < -0.3 is 5.32 Å². The first-order valence-corrected chi connectivity index (χ1v) is 7.16. The highest BCUT2D eigenvalue weighted by Gasteiger charge is 2.10. The van der Waals surface area contributed by atoms with Crippen molar-refractivity contribution < 1.29 is 4.79 Å². The number of hydrogen-bond donors (Lipinski definition) is 1. The molecule has 0 radical (unpaired) electrons. The molecule has 0 bridgehead atoms. The van der Waals surface area contributed by atoms with Gasteiger partial charge in [0, 0.05) is 17.4 Å². The molecule has 1 atom stereocenters. The molecule has 3 heteroatoms. The Hall–Kier alpha value is -1.35. The van der Waals surface area contributed by atoms with Crippen molar-refractivity contribution in [3.63, 3.8) is 0 Å². The lowest BCUT2D eigenvalue weighted by Crippen LogP contribution is -2.28. The van der Waals surface area contributed by atoms with Crippen LogP contribution in [0.2, 0.25) is 0 Å². The summed E-state index contributed by atoms with van der Waals surface area (Å²) in [7, 11) is 0. The zero-order valence-electron chi connectivity index (χ0n) is 10.3. The normalized spacial score (nSPS) is 12.3. The highest BCUT2D eigenvalue weighted by Crippen LogP contribution is 2.18. The lowest BCUT2D eigenvalue weighted by molar-refractivity contribution is 0.0951. The van der Waals surface area contributed by atoms with E-state index in [2.05, 4.69) is 28.2 Å². The zero-order valence-corrected chi connectivity index (χ0v) is 11.9. The van der Waals surface area contributed by atoms with Gasteiger partial charge in [-0.3, -0.25) is 4.79 Å². The Morgan fingerprint density at radius 1 is 1.22 bits per heavy atom. The second-order valence-electron chi connectivity index (χ2n) is 4.50. The molecule has 1 N–H and O–H groups in total. The van der Waals surface area contributed by atoms with E-state index in [1.807, 2.05) is 42.5 Å². The van der Waals surface area contributed by atoms with Crippen molar-refractivity contribution in [2.45, 2.75) is 6.92 Å². The average molecular weight is 306 g/mol. The Morgan fingerprint density at radius 2 is 1.94 bits per heavy atom. The van der Waals surface area contributed by atoms with Crippen molar-refractivity contribution in [2.24, 2.45) is 5.92 Å². The number of carbonyl (C=O) groups is 1. The molecule has 2 aromatic carbocycles. The summed E-state index contributed by atoms with van der Waals surface area (Å²) in [6, 6.07) is 13.8. The zero-order chi connectivity index (χ0) is 13.0. The Morgan fingerprint density at radius 3 is 2.72 bits per heavy atom. The van der Waals surface area contributed by atoms with Crippen molar-refractivity contribution >= 4 is 32.6 Å². The van der Waals surface area contributed by atoms with E-state index < -0.39 is 0 Å². The summed E-state index contributed by atoms with van der Waals surface area (Å²) < 4.78 is 0. The maximum atomic E-state index is 12.2. The highest BCUT2D eigenvalue weighted by atomic mass is 79.9. The lowest BCUT2D eigenvalue weighted by Gasteiger charge is -2.11. The van der Waals surface area contributed by atoms with Crippen LogP contribution < -0.4 is 5.32 Å². The summed E-state index contributed by atoms with van der Waals surface area (Å²) in [4.78, 5) is 12.2. The number of nitrogens with one attached hydrogen (secondary N) is 1. The van der Waals surface area contributed by atoms with Crippen LogP contribution in [0.25, 0.3) is 10.8 Å². The minimum absolute atomic E-state index is 0.000370. The maximum Gasteiger partial charge on any atom is 0.251 e. The molecule has 0 aromatic heterocycles. The molecule has 1 amide bonds. The van der Waals surface area contributed by atoms with Crippen LogP contribution in [0.3, 0.4) is 0 Å². The van der Waals surface area contributed by atoms with Gasteiger partial charge in [0.25, 0.3) is 5.91 Å². The Bertz CT molecular complexity index is 548. The monoisotopic (exact) mass is 305 g/mol. The standard InChI is InChI=1S/C15H16BrNO/c1-11(9-16)10-17-15(18)14-8-4-6-12-5-2-3-7-13(12)14/h2-8,11H,9-10H2,1H3,(H,17,18). The van der Waals surface area contributed by atoms with Crippen LogP contribution in [0.1, 0.15) is 17.3 Å². The summed E-state index contributed by atoms with van der Waals surface area (Å²) in [5, 5.41) is 5.96. The molecule has 0 saturated carbocycles. The van der Waals surface area contributed by atoms with Crippen molar-refractivity contribution in [1.82, 2.24) is 5.32 Å². The van der Waals surface area contributed by atoms with Crippen LogP contribution in [0.5, 0.6) is 0 Å². The fraction of sp³-hybridized carbons (Fsp3) is 0.267. The van der Waals surface area contributed by atoms with Crippen LogP contribution in [0, 0.1) is 5.92 Å². The molecule has 94 valence electrons. The van der Waals surface area contributed by atoms with Gasteiger partial charge in [-0.25, -0.2) is 0 Å². The second-order valence-corrected chi connectivity index (χ2v) is 5.14. The maximum absolute atomic E-state index is 12.2. The minimum atomic E-state index is -0.000370. The van der Waals surface area contributed by atoms with Crippen LogP contribution >= 0.6 is 15.9 Å². The predicted octanol–water partition coefficient (Wildman–Crippen LogP) is 3.60. The van der Waals surface area contributed by atoms with Crippen molar-refractivity contribution in [3.05, 3.63) is 48.0 Å². The Labute approximate surface area is 116 Å². The van der Waals surface area contributed by atoms with Gasteiger partial charge in [-0.1, -0.05) is 59.3 Å². The highest BCUT2D eigenvalue weighted by molar-refractivity contribution is 9.09.